The molecular weight excluding hydrogens is 1690 g/mol. The molecule has 9 heteroatoms. The van der Waals surface area contributed by atoms with E-state index in [9.17, 15) is 0 Å². The topological polar surface area (TPSA) is 19.4 Å². The SMILES string of the molecule is c1ccc(-c2ccc(N(c3ccccc3)c3ccc(-c4ccc5c(c4)Sc4ccccc4N5c4ccccc4)cc3)cc2)cc1.c1ccc(N2c3ccccc3Sc3cc(-c4ccc(N(c5ccccc5)c5cc6ccccc6c6ccccc56)cc4)ccc32)cc1.c1ccc(N2c3ccccc3Sc3cc(-c4ccc(N(c5ccccc5)c5cccc6ccccc56)cc4)ccc32)cc1. The minimum absolute atomic E-state index is 1.12. The molecule has 0 fully saturated rings. The summed E-state index contributed by atoms with van der Waals surface area (Å²) in [6.07, 6.45) is 0. The lowest BCUT2D eigenvalue weighted by atomic mass is 9.98. The van der Waals surface area contributed by atoms with Crippen molar-refractivity contribution in [2.24, 2.45) is 0 Å². The zero-order chi connectivity index (χ0) is 89.8. The largest absolute Gasteiger partial charge is 0.311 e. The molecule has 0 N–H and O–H groups in total. The van der Waals surface area contributed by atoms with Crippen LogP contribution >= 0.6 is 35.3 Å². The van der Waals surface area contributed by atoms with Gasteiger partial charge in [0, 0.05) is 97.0 Å². The molecule has 3 aliphatic rings. The first-order valence-electron chi connectivity index (χ1n) is 45.7. The van der Waals surface area contributed by atoms with Gasteiger partial charge in [-0.15, -0.1) is 0 Å². The zero-order valence-electron chi connectivity index (χ0n) is 73.7. The summed E-state index contributed by atoms with van der Waals surface area (Å²) in [5.74, 6) is 0. The molecule has 6 nitrogen and oxygen atoms in total. The Morgan fingerprint density at radius 3 is 0.800 bits per heavy atom. The summed E-state index contributed by atoms with van der Waals surface area (Å²) in [7, 11) is 0. The molecule has 22 aromatic rings. The smallest absolute Gasteiger partial charge is 0.0602 e. The van der Waals surface area contributed by atoms with Crippen LogP contribution in [0.15, 0.2) is 563 Å². The number of rotatable bonds is 16. The molecule has 0 radical (unpaired) electrons. The van der Waals surface area contributed by atoms with Gasteiger partial charge in [0.1, 0.15) is 0 Å². The van der Waals surface area contributed by atoms with E-state index in [0.717, 1.165) is 39.8 Å². The van der Waals surface area contributed by atoms with Crippen molar-refractivity contribution in [3.63, 3.8) is 0 Å². The first kappa shape index (κ1) is 82.9. The number of hydrogen-bond donors (Lipinski definition) is 0. The van der Waals surface area contributed by atoms with Crippen molar-refractivity contribution in [3.8, 4) is 44.5 Å². The third kappa shape index (κ3) is 16.7. The van der Waals surface area contributed by atoms with Crippen molar-refractivity contribution in [1.29, 1.82) is 0 Å². The molecule has 0 aromatic heterocycles. The van der Waals surface area contributed by atoms with E-state index in [-0.39, 0.29) is 0 Å². The summed E-state index contributed by atoms with van der Waals surface area (Å²) in [5.41, 5.74) is 30.6. The van der Waals surface area contributed by atoms with Crippen LogP contribution in [0, 0.1) is 0 Å². The van der Waals surface area contributed by atoms with E-state index >= 15 is 0 Å². The van der Waals surface area contributed by atoms with Gasteiger partial charge >= 0.3 is 0 Å². The number of nitrogens with zero attached hydrogens (tertiary/aromatic N) is 6. The summed E-state index contributed by atoms with van der Waals surface area (Å²) < 4.78 is 0. The first-order chi connectivity index (χ1) is 67.0. The quantitative estimate of drug-likeness (QED) is 0.0874. The van der Waals surface area contributed by atoms with Crippen LogP contribution in [0.2, 0.25) is 0 Å². The third-order valence-corrected chi connectivity index (χ3v) is 28.6. The van der Waals surface area contributed by atoms with Crippen LogP contribution < -0.4 is 29.4 Å². The van der Waals surface area contributed by atoms with Crippen molar-refractivity contribution in [2.75, 3.05) is 29.4 Å². The lowest BCUT2D eigenvalue weighted by Gasteiger charge is -2.33. The Hall–Kier alpha value is -16.5. The van der Waals surface area contributed by atoms with Crippen LogP contribution in [-0.2, 0) is 0 Å². The fraction of sp³-hybridized carbons (Fsp3) is 0. The average molecular weight is 1780 g/mol. The van der Waals surface area contributed by atoms with Crippen LogP contribution in [0.1, 0.15) is 0 Å². The van der Waals surface area contributed by atoms with Gasteiger partial charge in [0.25, 0.3) is 0 Å². The molecule has 0 unspecified atom stereocenters. The van der Waals surface area contributed by atoms with E-state index in [1.807, 2.05) is 35.3 Å². The van der Waals surface area contributed by atoms with Crippen LogP contribution in [0.25, 0.3) is 76.8 Å². The van der Waals surface area contributed by atoms with Crippen molar-refractivity contribution >= 4 is 170 Å². The molecular formula is C126H88N6S3. The predicted molar refractivity (Wildman–Crippen MR) is 574 cm³/mol. The molecule has 0 aliphatic carbocycles. The molecule has 0 saturated heterocycles. The van der Waals surface area contributed by atoms with Gasteiger partial charge in [-0.25, -0.2) is 0 Å². The molecule has 0 atom stereocenters. The van der Waals surface area contributed by atoms with Crippen LogP contribution in [0.5, 0.6) is 0 Å². The van der Waals surface area contributed by atoms with Gasteiger partial charge in [-0.05, 0) is 272 Å². The monoisotopic (exact) mass is 1780 g/mol. The Labute approximate surface area is 800 Å². The Morgan fingerprint density at radius 2 is 0.400 bits per heavy atom. The Morgan fingerprint density at radius 1 is 0.141 bits per heavy atom. The number of para-hydroxylation sites is 9. The number of benzene rings is 22. The number of hydrogen-bond acceptors (Lipinski definition) is 9. The molecule has 135 heavy (non-hydrogen) atoms. The Balaban J connectivity index is 0.000000114. The maximum absolute atomic E-state index is 2.38. The summed E-state index contributed by atoms with van der Waals surface area (Å²) in [6, 6.07) is 191. The van der Waals surface area contributed by atoms with Crippen molar-refractivity contribution < 1.29 is 0 Å². The van der Waals surface area contributed by atoms with Gasteiger partial charge in [-0.1, -0.05) is 363 Å². The molecule has 640 valence electrons. The van der Waals surface area contributed by atoms with Crippen LogP contribution in [0.4, 0.5) is 102 Å². The van der Waals surface area contributed by atoms with E-state index in [4.69, 9.17) is 0 Å². The van der Waals surface area contributed by atoms with Gasteiger partial charge in [0.05, 0.1) is 45.5 Å². The van der Waals surface area contributed by atoms with Gasteiger partial charge in [-0.2, -0.15) is 0 Å². The van der Waals surface area contributed by atoms with Crippen molar-refractivity contribution in [3.05, 3.63) is 534 Å². The molecule has 22 aromatic carbocycles. The average Bonchev–Trinajstić information content (AvgIpc) is 0.765. The summed E-state index contributed by atoms with van der Waals surface area (Å²) >= 11 is 5.53. The fourth-order valence-corrected chi connectivity index (χ4v) is 22.2. The second-order valence-corrected chi connectivity index (χ2v) is 36.7. The van der Waals surface area contributed by atoms with Gasteiger partial charge in [0.15, 0.2) is 0 Å². The molecule has 0 bridgehead atoms. The molecule has 0 spiro atoms. The van der Waals surface area contributed by atoms with E-state index in [2.05, 4.69) is 563 Å². The minimum atomic E-state index is 1.12. The lowest BCUT2D eigenvalue weighted by molar-refractivity contribution is 1.17. The van der Waals surface area contributed by atoms with Gasteiger partial charge in [0.2, 0.25) is 0 Å². The van der Waals surface area contributed by atoms with Gasteiger partial charge in [-0.3, -0.25) is 0 Å². The summed E-state index contributed by atoms with van der Waals surface area (Å²) in [6.45, 7) is 0. The predicted octanol–water partition coefficient (Wildman–Crippen LogP) is 37.4. The highest BCUT2D eigenvalue weighted by Crippen LogP contribution is 2.57. The molecule has 3 aliphatic heterocycles. The van der Waals surface area contributed by atoms with E-state index in [1.54, 1.807) is 0 Å². The highest BCUT2D eigenvalue weighted by Gasteiger charge is 2.30. The number of fused-ring (bicyclic) bond motifs is 10. The standard InChI is InChI=1S/C44H30N2S.C42H30N2S.C40H28N2S/c1-3-14-34(15-4-1)45(42-29-33-13-7-8-18-37(33)38-19-9-10-20-39(38)42)36-26-23-31(24-27-36)32-25-28-41-44(30-32)47-43-22-12-11-21-40(43)46(41)35-16-5-2-6-17-35;1-4-12-31(13-5-1)32-20-25-37(26-21-32)43(35-14-6-2-7-15-35)38-27-22-33(23-28-38)34-24-29-40-42(30-34)45-41-19-11-10-18-39(41)44(40)36-16-8-3-9-17-36;1-3-14-32(15-4-1)41(36-20-11-13-30-12-7-8-18-35(30)36)34-25-22-29(23-26-34)31-24-27-38-40(28-31)43-39-21-10-9-19-37(39)42(38)33-16-5-2-6-17-33/h1-30H;1-30H;1-28H. The minimum Gasteiger partial charge on any atom is -0.311 e. The Bertz CT molecular complexity index is 8000. The fourth-order valence-electron chi connectivity index (χ4n) is 18.9. The van der Waals surface area contributed by atoms with Gasteiger partial charge < -0.3 is 29.4 Å². The number of anilines is 18. The Kier molecular flexibility index (Phi) is 22.9. The zero-order valence-corrected chi connectivity index (χ0v) is 76.2. The van der Waals surface area contributed by atoms with E-state index in [1.165, 1.54) is 169 Å². The second-order valence-electron chi connectivity index (χ2n) is 33.5. The lowest BCUT2D eigenvalue weighted by Crippen LogP contribution is -2.14. The second kappa shape index (κ2) is 37.4. The highest BCUT2D eigenvalue weighted by molar-refractivity contribution is 8.00. The van der Waals surface area contributed by atoms with Crippen LogP contribution in [-0.4, -0.2) is 0 Å². The molecule has 0 saturated carbocycles. The van der Waals surface area contributed by atoms with Crippen molar-refractivity contribution in [1.82, 2.24) is 0 Å². The molecule has 3 heterocycles. The maximum atomic E-state index is 2.38. The maximum Gasteiger partial charge on any atom is 0.0602 e. The molecule has 0 amide bonds. The van der Waals surface area contributed by atoms with Crippen molar-refractivity contribution in [2.45, 2.75) is 29.4 Å². The highest BCUT2D eigenvalue weighted by atomic mass is 32.2. The summed E-state index contributed by atoms with van der Waals surface area (Å²) in [4.78, 5) is 21.7. The third-order valence-electron chi connectivity index (χ3n) is 25.3. The summed E-state index contributed by atoms with van der Waals surface area (Å²) in [5, 5.41) is 7.46. The van der Waals surface area contributed by atoms with E-state index in [0.29, 0.717) is 0 Å². The first-order valence-corrected chi connectivity index (χ1v) is 48.1. The normalized spacial score (nSPS) is 12.0. The molecule has 25 rings (SSSR count). The van der Waals surface area contributed by atoms with E-state index < -0.39 is 0 Å². The van der Waals surface area contributed by atoms with Crippen LogP contribution in [0.3, 0.4) is 0 Å².